The molecule has 0 radical (unpaired) electrons. The van der Waals surface area contributed by atoms with Crippen LogP contribution in [0.2, 0.25) is 10.3 Å². The molecule has 0 saturated carbocycles. The van der Waals surface area contributed by atoms with Gasteiger partial charge in [-0.25, -0.2) is 19.6 Å². The number of rotatable bonds is 2. The van der Waals surface area contributed by atoms with Crippen molar-refractivity contribution in [2.45, 2.75) is 0 Å². The molecule has 78 valence electrons. The highest BCUT2D eigenvalue weighted by atomic mass is 35.5. The number of ether oxygens (including phenoxy) is 1. The summed E-state index contributed by atoms with van der Waals surface area (Å²) in [4.78, 5) is 31.5. The number of carbonyl (C=O) groups excluding carboxylic acids is 2. The van der Waals surface area contributed by atoms with Crippen molar-refractivity contribution in [3.05, 3.63) is 16.0 Å². The molecule has 0 saturated heterocycles. The Balaban J connectivity index is 3.40. The van der Waals surface area contributed by atoms with Crippen molar-refractivity contribution in [1.29, 1.82) is 0 Å². The van der Waals surface area contributed by atoms with Gasteiger partial charge in [0, 0.05) is 0 Å². The monoisotopic (exact) mass is 247 g/mol. The third-order valence-corrected chi connectivity index (χ3v) is 1.95. The molecule has 0 amide bonds. The molecule has 0 spiro atoms. The quantitative estimate of drug-likeness (QED) is 0.450. The molecule has 1 aromatic heterocycles. The smallest absolute Gasteiger partial charge is 0.360 e. The fourth-order valence-corrected chi connectivity index (χ4v) is 0.990. The van der Waals surface area contributed by atoms with E-state index in [1.165, 1.54) is 6.08 Å². The predicted octanol–water partition coefficient (Wildman–Crippen LogP) is 1.54. The molecule has 1 heterocycles. The van der Waals surface area contributed by atoms with E-state index >= 15 is 0 Å². The predicted molar refractivity (Wildman–Crippen MR) is 51.2 cm³/mol. The number of hydrogen-bond donors (Lipinski definition) is 0. The third kappa shape index (κ3) is 2.50. The molecule has 0 N–H and O–H groups in total. The summed E-state index contributed by atoms with van der Waals surface area (Å²) in [5.74, 6) is -1.11. The van der Waals surface area contributed by atoms with Gasteiger partial charge in [0.05, 0.1) is 7.11 Å². The zero-order valence-electron chi connectivity index (χ0n) is 7.32. The number of carbonyl (C=O) groups is 1. The minimum absolute atomic E-state index is 0.168. The van der Waals surface area contributed by atoms with Crippen LogP contribution in [-0.2, 0) is 9.53 Å². The SMILES string of the molecule is COC(=O)c1nc(Cl)c(Cl)nc1N=C=O. The van der Waals surface area contributed by atoms with Crippen molar-refractivity contribution in [1.82, 2.24) is 9.97 Å². The van der Waals surface area contributed by atoms with Gasteiger partial charge >= 0.3 is 5.97 Å². The summed E-state index contributed by atoms with van der Waals surface area (Å²) >= 11 is 11.1. The molecule has 0 atom stereocenters. The minimum atomic E-state index is -0.824. The summed E-state index contributed by atoms with van der Waals surface area (Å²) in [6.45, 7) is 0. The molecule has 0 aliphatic heterocycles. The Kier molecular flexibility index (Phi) is 3.74. The second-order valence-electron chi connectivity index (χ2n) is 2.17. The van der Waals surface area contributed by atoms with Gasteiger partial charge in [0.15, 0.2) is 21.8 Å². The summed E-state index contributed by atoms with van der Waals surface area (Å²) in [6, 6.07) is 0. The van der Waals surface area contributed by atoms with Crippen molar-refractivity contribution >= 4 is 41.1 Å². The van der Waals surface area contributed by atoms with E-state index in [2.05, 4.69) is 19.7 Å². The third-order valence-electron chi connectivity index (χ3n) is 1.33. The molecule has 0 aliphatic rings. The maximum Gasteiger partial charge on any atom is 0.360 e. The van der Waals surface area contributed by atoms with Gasteiger partial charge in [-0.05, 0) is 0 Å². The Morgan fingerprint density at radius 2 is 2.00 bits per heavy atom. The van der Waals surface area contributed by atoms with E-state index in [1.807, 2.05) is 0 Å². The zero-order chi connectivity index (χ0) is 11.4. The fraction of sp³-hybridized carbons (Fsp3) is 0.143. The number of hydrogen-bond acceptors (Lipinski definition) is 6. The van der Waals surface area contributed by atoms with Gasteiger partial charge in [-0.3, -0.25) is 0 Å². The Hall–Kier alpha value is -1.49. The summed E-state index contributed by atoms with van der Waals surface area (Å²) in [7, 11) is 1.14. The first kappa shape index (κ1) is 11.6. The maximum absolute atomic E-state index is 11.2. The maximum atomic E-state index is 11.2. The molecular formula is C7H3Cl2N3O3. The molecule has 1 aromatic rings. The van der Waals surface area contributed by atoms with Crippen LogP contribution >= 0.6 is 23.2 Å². The summed E-state index contributed by atoms with van der Waals surface area (Å²) in [5, 5.41) is -0.347. The molecule has 1 rings (SSSR count). The number of halogens is 2. The zero-order valence-corrected chi connectivity index (χ0v) is 8.83. The molecule has 6 nitrogen and oxygen atoms in total. The molecule has 8 heteroatoms. The van der Waals surface area contributed by atoms with E-state index in [-0.39, 0.29) is 21.8 Å². The number of aliphatic imine (C=N–C) groups is 1. The minimum Gasteiger partial charge on any atom is -0.464 e. The lowest BCUT2D eigenvalue weighted by Crippen LogP contribution is -2.06. The summed E-state index contributed by atoms with van der Waals surface area (Å²) in [6.07, 6.45) is 1.21. The van der Waals surface area contributed by atoms with E-state index in [1.54, 1.807) is 0 Å². The highest BCUT2D eigenvalue weighted by Crippen LogP contribution is 2.23. The van der Waals surface area contributed by atoms with Gasteiger partial charge in [0.1, 0.15) is 0 Å². The molecule has 0 fully saturated rings. The van der Waals surface area contributed by atoms with Gasteiger partial charge in [-0.2, -0.15) is 0 Å². The van der Waals surface area contributed by atoms with Crippen molar-refractivity contribution in [2.24, 2.45) is 4.99 Å². The lowest BCUT2D eigenvalue weighted by atomic mass is 10.4. The lowest BCUT2D eigenvalue weighted by molar-refractivity contribution is 0.0594. The topological polar surface area (TPSA) is 81.5 Å². The second kappa shape index (κ2) is 4.84. The number of aromatic nitrogens is 2. The molecule has 0 unspecified atom stereocenters. The van der Waals surface area contributed by atoms with E-state index in [0.29, 0.717) is 0 Å². The van der Waals surface area contributed by atoms with Gasteiger partial charge in [-0.15, -0.1) is 4.99 Å². The van der Waals surface area contributed by atoms with Crippen LogP contribution in [0.1, 0.15) is 10.5 Å². The van der Waals surface area contributed by atoms with E-state index in [4.69, 9.17) is 23.2 Å². The number of methoxy groups -OCH3 is 1. The summed E-state index contributed by atoms with van der Waals surface area (Å²) in [5.41, 5.74) is -0.296. The van der Waals surface area contributed by atoms with Crippen LogP contribution in [-0.4, -0.2) is 29.1 Å². The van der Waals surface area contributed by atoms with Crippen molar-refractivity contribution < 1.29 is 14.3 Å². The number of isocyanates is 1. The number of esters is 1. The normalized spacial score (nSPS) is 9.27. The van der Waals surface area contributed by atoms with E-state index < -0.39 is 5.97 Å². The second-order valence-corrected chi connectivity index (χ2v) is 2.89. The van der Waals surface area contributed by atoms with Crippen LogP contribution in [0.5, 0.6) is 0 Å². The Morgan fingerprint density at radius 3 is 2.53 bits per heavy atom. The average molecular weight is 248 g/mol. The molecule has 0 aromatic carbocycles. The van der Waals surface area contributed by atoms with Gasteiger partial charge < -0.3 is 4.74 Å². The highest BCUT2D eigenvalue weighted by Gasteiger charge is 2.18. The largest absolute Gasteiger partial charge is 0.464 e. The van der Waals surface area contributed by atoms with E-state index in [0.717, 1.165) is 7.11 Å². The first-order valence-electron chi connectivity index (χ1n) is 3.49. The molecule has 0 bridgehead atoms. The average Bonchev–Trinajstić information content (AvgIpc) is 2.22. The van der Waals surface area contributed by atoms with Gasteiger partial charge in [-0.1, -0.05) is 23.2 Å². The Morgan fingerprint density at radius 1 is 1.40 bits per heavy atom. The van der Waals surface area contributed by atoms with Crippen LogP contribution in [0, 0.1) is 0 Å². The van der Waals surface area contributed by atoms with Crippen LogP contribution in [0.15, 0.2) is 4.99 Å². The van der Waals surface area contributed by atoms with Gasteiger partial charge in [0.2, 0.25) is 6.08 Å². The molecule has 15 heavy (non-hydrogen) atoms. The molecule has 0 aliphatic carbocycles. The van der Waals surface area contributed by atoms with E-state index in [9.17, 15) is 9.59 Å². The Bertz CT molecular complexity index is 457. The first-order chi connectivity index (χ1) is 7.10. The number of nitrogens with zero attached hydrogens (tertiary/aromatic N) is 3. The Labute approximate surface area is 93.9 Å². The van der Waals surface area contributed by atoms with Crippen LogP contribution < -0.4 is 0 Å². The van der Waals surface area contributed by atoms with Gasteiger partial charge in [0.25, 0.3) is 0 Å². The van der Waals surface area contributed by atoms with Crippen molar-refractivity contribution in [3.8, 4) is 0 Å². The van der Waals surface area contributed by atoms with Crippen LogP contribution in [0.25, 0.3) is 0 Å². The first-order valence-corrected chi connectivity index (χ1v) is 4.25. The molecular weight excluding hydrogens is 245 g/mol. The van der Waals surface area contributed by atoms with Crippen LogP contribution in [0.4, 0.5) is 5.82 Å². The summed E-state index contributed by atoms with van der Waals surface area (Å²) < 4.78 is 4.39. The lowest BCUT2D eigenvalue weighted by Gasteiger charge is -2.02. The fourth-order valence-electron chi connectivity index (χ4n) is 0.741. The van der Waals surface area contributed by atoms with Crippen molar-refractivity contribution in [2.75, 3.05) is 7.11 Å². The van der Waals surface area contributed by atoms with Crippen LogP contribution in [0.3, 0.4) is 0 Å². The standard InChI is InChI=1S/C7H3Cl2N3O3/c1-15-7(14)3-6(10-2-13)12-5(9)4(8)11-3/h1H3. The highest BCUT2D eigenvalue weighted by molar-refractivity contribution is 6.40. The van der Waals surface area contributed by atoms with Crippen molar-refractivity contribution in [3.63, 3.8) is 0 Å².